The molecular formula is C28H34N4O6S. The number of allylic oxidation sites excluding steroid dienone is 2. The molecule has 1 fully saturated rings. The van der Waals surface area contributed by atoms with Crippen LogP contribution in [0, 0.1) is 17.2 Å². The maximum absolute atomic E-state index is 13.1. The molecule has 0 bridgehead atoms. The Bertz CT molecular complexity index is 1560. The minimum atomic E-state index is -4.31. The van der Waals surface area contributed by atoms with Gasteiger partial charge in [-0.25, -0.2) is 13.1 Å². The molecule has 0 amide bonds. The van der Waals surface area contributed by atoms with Gasteiger partial charge in [-0.3, -0.25) is 0 Å². The average molecular weight is 555 g/mol. The van der Waals surface area contributed by atoms with Gasteiger partial charge in [0.15, 0.2) is 11.2 Å². The molecule has 0 spiro atoms. The molecule has 0 aliphatic carbocycles. The van der Waals surface area contributed by atoms with E-state index >= 15 is 0 Å². The Morgan fingerprint density at radius 1 is 1.08 bits per heavy atom. The van der Waals surface area contributed by atoms with E-state index in [1.165, 1.54) is 6.92 Å². The van der Waals surface area contributed by atoms with E-state index in [1.54, 1.807) is 26.1 Å². The van der Waals surface area contributed by atoms with E-state index < -0.39 is 52.0 Å². The molecule has 11 heteroatoms. The summed E-state index contributed by atoms with van der Waals surface area (Å²) in [5.41, 5.74) is 3.68. The van der Waals surface area contributed by atoms with Crippen LogP contribution in [0.5, 0.6) is 0 Å². The number of sulfonamides is 1. The lowest BCUT2D eigenvalue weighted by Crippen LogP contribution is -2.56. The highest BCUT2D eigenvalue weighted by Crippen LogP contribution is 2.31. The predicted molar refractivity (Wildman–Crippen MR) is 150 cm³/mol. The highest BCUT2D eigenvalue weighted by molar-refractivity contribution is 7.93. The number of nitriles is 1. The molecule has 4 rings (SSSR count). The number of fused-ring (bicyclic) bond motifs is 1. The number of aromatic nitrogens is 1. The van der Waals surface area contributed by atoms with Gasteiger partial charge in [0.25, 0.3) is 10.0 Å². The molecule has 10 nitrogen and oxygen atoms in total. The van der Waals surface area contributed by atoms with Gasteiger partial charge in [0.05, 0.1) is 6.10 Å². The predicted octanol–water partition coefficient (Wildman–Crippen LogP) is 2.16. The molecule has 208 valence electrons. The zero-order chi connectivity index (χ0) is 28.6. The molecule has 2 aromatic carbocycles. The molecule has 1 saturated heterocycles. The number of hydrogen-bond acceptors (Lipinski definition) is 8. The number of hydrogen-bond donors (Lipinski definition) is 4. The lowest BCUT2D eigenvalue weighted by atomic mass is 9.92. The highest BCUT2D eigenvalue weighted by Gasteiger charge is 2.42. The van der Waals surface area contributed by atoms with Gasteiger partial charge in [-0.2, -0.15) is 5.26 Å². The van der Waals surface area contributed by atoms with E-state index in [-0.39, 0.29) is 5.57 Å². The van der Waals surface area contributed by atoms with Crippen molar-refractivity contribution in [2.75, 3.05) is 25.5 Å². The average Bonchev–Trinajstić information content (AvgIpc) is 3.29. The molecule has 2 heterocycles. The number of aliphatic hydroxyl groups excluding tert-OH is 3. The van der Waals surface area contributed by atoms with Crippen LogP contribution in [0.15, 0.2) is 53.4 Å². The van der Waals surface area contributed by atoms with Crippen LogP contribution in [0.4, 0.5) is 5.69 Å². The minimum absolute atomic E-state index is 0.244. The first-order valence-corrected chi connectivity index (χ1v) is 14.0. The van der Waals surface area contributed by atoms with Crippen LogP contribution in [0.3, 0.4) is 0 Å². The molecular weight excluding hydrogens is 520 g/mol. The van der Waals surface area contributed by atoms with E-state index in [9.17, 15) is 29.0 Å². The summed E-state index contributed by atoms with van der Waals surface area (Å²) >= 11 is 0. The Morgan fingerprint density at radius 3 is 2.41 bits per heavy atom. The fraction of sp³-hybridized carbons (Fsp3) is 0.393. The molecule has 1 aliphatic heterocycles. The minimum Gasteiger partial charge on any atom is -0.390 e. The SMILES string of the molecule is C/C(=C(/C#N)S(=O)(=O)NC[C@H]1OC(O)[C@H](C)[C@@H](O)[C@@H]1O)c1ccc(-c2ccc3cc(N(C)C)ccc3c2)n1C. The number of aliphatic hydroxyl groups is 3. The van der Waals surface area contributed by atoms with Crippen molar-refractivity contribution < 1.29 is 28.5 Å². The summed E-state index contributed by atoms with van der Waals surface area (Å²) in [5, 5.41) is 42.2. The number of rotatable bonds is 7. The van der Waals surface area contributed by atoms with E-state index in [2.05, 4.69) is 22.9 Å². The number of benzene rings is 2. The van der Waals surface area contributed by atoms with E-state index in [4.69, 9.17) is 4.74 Å². The molecule has 5 atom stereocenters. The van der Waals surface area contributed by atoms with E-state index in [0.717, 1.165) is 27.7 Å². The Balaban J connectivity index is 1.60. The van der Waals surface area contributed by atoms with Gasteiger partial charge in [-0.05, 0) is 53.6 Å². The van der Waals surface area contributed by atoms with Crippen molar-refractivity contribution in [2.45, 2.75) is 38.4 Å². The summed E-state index contributed by atoms with van der Waals surface area (Å²) in [5.74, 6) is -0.741. The van der Waals surface area contributed by atoms with E-state index in [0.29, 0.717) is 5.69 Å². The molecule has 0 saturated carbocycles. The van der Waals surface area contributed by atoms with E-state index in [1.807, 2.05) is 47.8 Å². The van der Waals surface area contributed by atoms with Crippen molar-refractivity contribution in [1.82, 2.24) is 9.29 Å². The standard InChI is InChI=1S/C28H34N4O6S/c1-16(25(14-29)39(36,37)30-15-24-27(34)26(33)17(2)28(35)38-24)22-10-11-23(32(22)5)20-7-6-19-13-21(31(3)4)9-8-18(19)12-20/h6-13,17,24,26-28,30,33-35H,15H2,1-5H3/b25-16+/t17-,24-,26-,27-,28?/m1/s1. The second-order valence-corrected chi connectivity index (χ2v) is 11.8. The largest absolute Gasteiger partial charge is 0.390 e. The number of nitrogens with zero attached hydrogens (tertiary/aromatic N) is 3. The summed E-state index contributed by atoms with van der Waals surface area (Å²) in [6.07, 6.45) is -5.25. The lowest BCUT2D eigenvalue weighted by Gasteiger charge is -2.39. The second kappa shape index (κ2) is 11.1. The fourth-order valence-corrected chi connectivity index (χ4v) is 5.98. The van der Waals surface area contributed by atoms with Gasteiger partial charge in [-0.1, -0.05) is 25.1 Å². The lowest BCUT2D eigenvalue weighted by molar-refractivity contribution is -0.257. The van der Waals surface area contributed by atoms with Crippen molar-refractivity contribution in [2.24, 2.45) is 13.0 Å². The Kier molecular flexibility index (Phi) is 8.18. The Morgan fingerprint density at radius 2 is 1.74 bits per heavy atom. The van der Waals surface area contributed by atoms with Crippen LogP contribution in [0.25, 0.3) is 27.6 Å². The number of ether oxygens (including phenoxy) is 1. The third-order valence-electron chi connectivity index (χ3n) is 7.36. The third-order valence-corrected chi connectivity index (χ3v) is 8.84. The monoisotopic (exact) mass is 554 g/mol. The van der Waals surface area contributed by atoms with Gasteiger partial charge in [0, 0.05) is 56.3 Å². The summed E-state index contributed by atoms with van der Waals surface area (Å²) in [6.45, 7) is 2.63. The normalized spacial score (nSPS) is 24.3. The molecule has 1 aliphatic rings. The van der Waals surface area contributed by atoms with Crippen molar-refractivity contribution in [1.29, 1.82) is 5.26 Å². The first-order chi connectivity index (χ1) is 18.4. The van der Waals surface area contributed by atoms with Gasteiger partial charge < -0.3 is 29.5 Å². The number of anilines is 1. The zero-order valence-electron chi connectivity index (χ0n) is 22.5. The van der Waals surface area contributed by atoms with Crippen LogP contribution in [-0.4, -0.2) is 73.5 Å². The van der Waals surface area contributed by atoms with Gasteiger partial charge in [0.2, 0.25) is 0 Å². The molecule has 1 aromatic heterocycles. The van der Waals surface area contributed by atoms with Gasteiger partial charge in [-0.15, -0.1) is 0 Å². The van der Waals surface area contributed by atoms with Crippen LogP contribution in [-0.2, 0) is 21.8 Å². The van der Waals surface area contributed by atoms with Crippen LogP contribution in [0.1, 0.15) is 19.5 Å². The molecule has 1 unspecified atom stereocenters. The first-order valence-electron chi connectivity index (χ1n) is 12.5. The summed E-state index contributed by atoms with van der Waals surface area (Å²) < 4.78 is 35.6. The molecule has 3 aromatic rings. The van der Waals surface area contributed by atoms with Crippen LogP contribution in [0.2, 0.25) is 0 Å². The summed E-state index contributed by atoms with van der Waals surface area (Å²) in [6, 6.07) is 17.7. The Labute approximate surface area is 228 Å². The maximum Gasteiger partial charge on any atom is 0.251 e. The van der Waals surface area contributed by atoms with Gasteiger partial charge >= 0.3 is 0 Å². The highest BCUT2D eigenvalue weighted by atomic mass is 32.2. The zero-order valence-corrected chi connectivity index (χ0v) is 23.3. The molecule has 0 radical (unpaired) electrons. The van der Waals surface area contributed by atoms with Crippen LogP contribution >= 0.6 is 0 Å². The quantitative estimate of drug-likeness (QED) is 0.325. The smallest absolute Gasteiger partial charge is 0.251 e. The van der Waals surface area contributed by atoms with Crippen molar-refractivity contribution >= 4 is 32.1 Å². The van der Waals surface area contributed by atoms with Crippen molar-refractivity contribution in [3.8, 4) is 17.3 Å². The third kappa shape index (κ3) is 5.58. The van der Waals surface area contributed by atoms with Gasteiger partial charge in [0.1, 0.15) is 18.3 Å². The Hall–Kier alpha value is -3.24. The fourth-order valence-electron chi connectivity index (χ4n) is 4.83. The molecule has 39 heavy (non-hydrogen) atoms. The summed E-state index contributed by atoms with van der Waals surface area (Å²) in [7, 11) is 1.48. The van der Waals surface area contributed by atoms with Crippen LogP contribution < -0.4 is 9.62 Å². The first kappa shape index (κ1) is 28.8. The van der Waals surface area contributed by atoms with Crippen molar-refractivity contribution in [3.63, 3.8) is 0 Å². The molecule has 4 N–H and O–H groups in total. The topological polar surface area (TPSA) is 148 Å². The maximum atomic E-state index is 13.1. The summed E-state index contributed by atoms with van der Waals surface area (Å²) in [4.78, 5) is 1.56. The second-order valence-electron chi connectivity index (χ2n) is 10.1. The number of nitrogens with one attached hydrogen (secondary N) is 1. The van der Waals surface area contributed by atoms with Crippen molar-refractivity contribution in [3.05, 3.63) is 59.1 Å².